The van der Waals surface area contributed by atoms with Gasteiger partial charge < -0.3 is 13.7 Å². The van der Waals surface area contributed by atoms with E-state index in [0.717, 1.165) is 72.1 Å². The number of nitrogens with zero attached hydrogens (tertiary/aromatic N) is 1. The van der Waals surface area contributed by atoms with Crippen molar-refractivity contribution in [3.63, 3.8) is 0 Å². The lowest BCUT2D eigenvalue weighted by molar-refractivity contribution is 0.663. The van der Waals surface area contributed by atoms with Crippen LogP contribution >= 0.6 is 0 Å². The molecule has 0 saturated heterocycles. The van der Waals surface area contributed by atoms with Crippen LogP contribution in [0.2, 0.25) is 0 Å². The highest BCUT2D eigenvalue weighted by molar-refractivity contribution is 6.28. The summed E-state index contributed by atoms with van der Waals surface area (Å²) in [5.74, 6) is 0. The van der Waals surface area contributed by atoms with Gasteiger partial charge in [0.1, 0.15) is 22.3 Å². The summed E-state index contributed by atoms with van der Waals surface area (Å²) in [4.78, 5) is 2.39. The molecule has 2 aromatic heterocycles. The van der Waals surface area contributed by atoms with Crippen molar-refractivity contribution in [3.05, 3.63) is 200 Å². The lowest BCUT2D eigenvalue weighted by Crippen LogP contribution is -2.10. The van der Waals surface area contributed by atoms with Crippen LogP contribution in [0.1, 0.15) is 0 Å². The summed E-state index contributed by atoms with van der Waals surface area (Å²) in [5.41, 5.74) is 11.1. The van der Waals surface area contributed by atoms with Gasteiger partial charge in [-0.25, -0.2) is 0 Å². The van der Waals surface area contributed by atoms with Crippen LogP contribution in [-0.2, 0) is 0 Å². The van der Waals surface area contributed by atoms with E-state index in [4.69, 9.17) is 8.83 Å². The van der Waals surface area contributed by atoms with Gasteiger partial charge in [0.05, 0.1) is 0 Å². The fraction of sp³-hybridized carbons (Fsp3) is 0. The Morgan fingerprint density at radius 3 is 1.74 bits per heavy atom. The van der Waals surface area contributed by atoms with Crippen LogP contribution in [0, 0.1) is 0 Å². The van der Waals surface area contributed by atoms with E-state index in [9.17, 15) is 0 Å². The fourth-order valence-corrected chi connectivity index (χ4v) is 8.97. The van der Waals surface area contributed by atoms with Gasteiger partial charge in [-0.15, -0.1) is 0 Å². The highest BCUT2D eigenvalue weighted by atomic mass is 16.3. The molecule has 3 nitrogen and oxygen atoms in total. The molecule has 0 aliphatic heterocycles. The first kappa shape index (κ1) is 31.7. The summed E-state index contributed by atoms with van der Waals surface area (Å²) in [6, 6.07) is 71.6. The first-order chi connectivity index (χ1) is 28.2. The van der Waals surface area contributed by atoms with Crippen molar-refractivity contribution in [1.29, 1.82) is 0 Å². The van der Waals surface area contributed by atoms with Crippen LogP contribution in [0.15, 0.2) is 209 Å². The summed E-state index contributed by atoms with van der Waals surface area (Å²) < 4.78 is 13.5. The molecule has 3 heteroatoms. The van der Waals surface area contributed by atoms with Gasteiger partial charge in [-0.3, -0.25) is 0 Å². The number of para-hydroxylation sites is 1. The SMILES string of the molecule is c1ccc(-c2ccc(N(c3ccc4ccccc4c3)c3cc(-c4cc5ccccc5c5ccccc45)c4oc5ccc6oc7ccccc7c6c5c4c3)cc2)cc1. The Morgan fingerprint density at radius 2 is 0.912 bits per heavy atom. The van der Waals surface area contributed by atoms with Gasteiger partial charge in [0.2, 0.25) is 0 Å². The van der Waals surface area contributed by atoms with Gasteiger partial charge >= 0.3 is 0 Å². The molecule has 0 radical (unpaired) electrons. The molecule has 12 rings (SSSR count). The monoisotopic (exact) mass is 727 g/mol. The molecule has 57 heavy (non-hydrogen) atoms. The molecule has 0 saturated carbocycles. The maximum atomic E-state index is 7.03. The minimum atomic E-state index is 0.831. The maximum Gasteiger partial charge on any atom is 0.143 e. The molecule has 10 aromatic carbocycles. The zero-order valence-corrected chi connectivity index (χ0v) is 30.8. The smallest absolute Gasteiger partial charge is 0.143 e. The molecule has 266 valence electrons. The molecule has 12 aromatic rings. The zero-order valence-electron chi connectivity index (χ0n) is 30.8. The average Bonchev–Trinajstić information content (AvgIpc) is 3.85. The third-order valence-corrected chi connectivity index (χ3v) is 11.6. The molecule has 0 spiro atoms. The van der Waals surface area contributed by atoms with Gasteiger partial charge in [0.25, 0.3) is 0 Å². The van der Waals surface area contributed by atoms with Crippen LogP contribution in [0.4, 0.5) is 17.1 Å². The van der Waals surface area contributed by atoms with Crippen molar-refractivity contribution in [2.24, 2.45) is 0 Å². The fourth-order valence-electron chi connectivity index (χ4n) is 8.97. The van der Waals surface area contributed by atoms with Gasteiger partial charge in [0.15, 0.2) is 0 Å². The van der Waals surface area contributed by atoms with E-state index < -0.39 is 0 Å². The summed E-state index contributed by atoms with van der Waals surface area (Å²) in [6.07, 6.45) is 0. The van der Waals surface area contributed by atoms with Gasteiger partial charge in [-0.1, -0.05) is 140 Å². The van der Waals surface area contributed by atoms with Crippen LogP contribution in [0.3, 0.4) is 0 Å². The predicted molar refractivity (Wildman–Crippen MR) is 239 cm³/mol. The number of furan rings is 2. The lowest BCUT2D eigenvalue weighted by atomic mass is 9.91. The number of fused-ring (bicyclic) bond motifs is 11. The second-order valence-electron chi connectivity index (χ2n) is 14.9. The number of hydrogen-bond donors (Lipinski definition) is 0. The molecular weight excluding hydrogens is 695 g/mol. The Balaban J connectivity index is 1.21. The minimum Gasteiger partial charge on any atom is -0.456 e. The van der Waals surface area contributed by atoms with Crippen LogP contribution < -0.4 is 4.90 Å². The van der Waals surface area contributed by atoms with Crippen molar-refractivity contribution in [1.82, 2.24) is 0 Å². The second-order valence-corrected chi connectivity index (χ2v) is 14.9. The van der Waals surface area contributed by atoms with Gasteiger partial charge in [0, 0.05) is 44.2 Å². The van der Waals surface area contributed by atoms with E-state index in [2.05, 4.69) is 187 Å². The standard InChI is InChI=1S/C54H33NO2/c1-2-12-34(13-3-1)36-22-25-39(26-23-36)55(40-27-24-35-14-4-5-15-37(35)30-40)41-32-47(46-31-38-16-6-7-17-42(38)43-18-8-9-19-44(43)46)54-48(33-41)53-51(57-54)29-28-50-52(53)45-20-10-11-21-49(45)56-50/h1-33H. The van der Waals surface area contributed by atoms with E-state index in [0.29, 0.717) is 0 Å². The molecule has 0 bridgehead atoms. The number of anilines is 3. The van der Waals surface area contributed by atoms with Crippen molar-refractivity contribution >= 4 is 93.3 Å². The highest BCUT2D eigenvalue weighted by Gasteiger charge is 2.24. The molecule has 0 N–H and O–H groups in total. The summed E-state index contributed by atoms with van der Waals surface area (Å²) in [5, 5.41) is 11.4. The molecule has 0 unspecified atom stereocenters. The predicted octanol–water partition coefficient (Wildman–Crippen LogP) is 15.7. The average molecular weight is 728 g/mol. The summed E-state index contributed by atoms with van der Waals surface area (Å²) in [7, 11) is 0. The van der Waals surface area contributed by atoms with E-state index in [1.165, 1.54) is 43.4 Å². The molecular formula is C54H33NO2. The Labute approximate surface area is 328 Å². The van der Waals surface area contributed by atoms with Gasteiger partial charge in [-0.2, -0.15) is 0 Å². The molecule has 0 amide bonds. The Kier molecular flexibility index (Phi) is 6.93. The number of benzene rings is 10. The maximum absolute atomic E-state index is 7.03. The Hall–Kier alpha value is -7.62. The van der Waals surface area contributed by atoms with Crippen LogP contribution in [0.5, 0.6) is 0 Å². The molecule has 0 aliphatic carbocycles. The quantitative estimate of drug-likeness (QED) is 0.165. The van der Waals surface area contributed by atoms with Crippen LogP contribution in [0.25, 0.3) is 98.4 Å². The third kappa shape index (κ3) is 4.99. The van der Waals surface area contributed by atoms with Crippen LogP contribution in [-0.4, -0.2) is 0 Å². The van der Waals surface area contributed by atoms with Crippen molar-refractivity contribution in [2.45, 2.75) is 0 Å². The number of hydrogen-bond acceptors (Lipinski definition) is 3. The minimum absolute atomic E-state index is 0.831. The first-order valence-corrected chi connectivity index (χ1v) is 19.4. The topological polar surface area (TPSA) is 29.5 Å². The van der Waals surface area contributed by atoms with Crippen molar-refractivity contribution < 1.29 is 8.83 Å². The van der Waals surface area contributed by atoms with E-state index in [-0.39, 0.29) is 0 Å². The Morgan fingerprint density at radius 1 is 0.298 bits per heavy atom. The zero-order chi connectivity index (χ0) is 37.5. The molecule has 0 fully saturated rings. The van der Waals surface area contributed by atoms with E-state index in [1.54, 1.807) is 0 Å². The summed E-state index contributed by atoms with van der Waals surface area (Å²) in [6.45, 7) is 0. The third-order valence-electron chi connectivity index (χ3n) is 11.6. The molecule has 0 atom stereocenters. The number of rotatable bonds is 5. The van der Waals surface area contributed by atoms with Crippen molar-refractivity contribution in [2.75, 3.05) is 4.90 Å². The molecule has 2 heterocycles. The lowest BCUT2D eigenvalue weighted by Gasteiger charge is -2.27. The van der Waals surface area contributed by atoms with E-state index >= 15 is 0 Å². The van der Waals surface area contributed by atoms with Crippen molar-refractivity contribution in [3.8, 4) is 22.3 Å². The molecule has 0 aliphatic rings. The largest absolute Gasteiger partial charge is 0.456 e. The highest BCUT2D eigenvalue weighted by Crippen LogP contribution is 2.48. The normalized spacial score (nSPS) is 11.9. The summed E-state index contributed by atoms with van der Waals surface area (Å²) >= 11 is 0. The van der Waals surface area contributed by atoms with E-state index in [1.807, 2.05) is 18.2 Å². The Bertz CT molecular complexity index is 3520. The van der Waals surface area contributed by atoms with Gasteiger partial charge in [-0.05, 0) is 110 Å². The second kappa shape index (κ2) is 12.5. The first-order valence-electron chi connectivity index (χ1n) is 19.4.